The summed E-state index contributed by atoms with van der Waals surface area (Å²) in [6.45, 7) is 6.01. The lowest BCUT2D eigenvalue weighted by molar-refractivity contribution is 0.173. The van der Waals surface area contributed by atoms with E-state index in [0.717, 1.165) is 41.9 Å². The van der Waals surface area contributed by atoms with Crippen LogP contribution in [0.3, 0.4) is 0 Å². The Hall–Kier alpha value is -2.79. The standard InChI is InChI=1S/C26H29ClN4O/c1-5-18-13-20-21(27)14-31(23(32)22(20)29-18)19-9-7-8-17(12-19)26(15-25(16-26)10-11-25)24(28-3)30(4)6-2/h6-9,12-14,29H,2,5,10-11,15-16H2,1,3-4H3. The molecule has 166 valence electrons. The summed E-state index contributed by atoms with van der Waals surface area (Å²) in [5.74, 6) is 1.03. The number of nitrogens with one attached hydrogen (secondary N) is 1. The Bertz CT molecular complexity index is 1300. The molecule has 3 aromatic rings. The van der Waals surface area contributed by atoms with Gasteiger partial charge in [0.25, 0.3) is 5.56 Å². The molecule has 0 unspecified atom stereocenters. The molecule has 32 heavy (non-hydrogen) atoms. The number of halogens is 1. The number of H-pyrrole nitrogens is 1. The second-order valence-corrected chi connectivity index (χ2v) is 9.82. The van der Waals surface area contributed by atoms with Crippen molar-refractivity contribution in [3.05, 3.63) is 75.9 Å². The lowest BCUT2D eigenvalue weighted by Gasteiger charge is -2.51. The summed E-state index contributed by atoms with van der Waals surface area (Å²) in [6.07, 6.45) is 9.13. The third kappa shape index (κ3) is 3.06. The molecule has 2 aliphatic rings. The quantitative estimate of drug-likeness (QED) is 0.416. The van der Waals surface area contributed by atoms with Crippen LogP contribution in [0.25, 0.3) is 16.6 Å². The molecule has 2 fully saturated rings. The lowest BCUT2D eigenvalue weighted by atomic mass is 9.55. The molecule has 2 aliphatic carbocycles. The Kier molecular flexibility index (Phi) is 4.86. The van der Waals surface area contributed by atoms with Gasteiger partial charge in [-0.2, -0.15) is 0 Å². The molecule has 0 saturated heterocycles. The van der Waals surface area contributed by atoms with Gasteiger partial charge in [-0.15, -0.1) is 0 Å². The fourth-order valence-corrected chi connectivity index (χ4v) is 5.86. The van der Waals surface area contributed by atoms with E-state index in [1.807, 2.05) is 43.4 Å². The van der Waals surface area contributed by atoms with E-state index in [1.54, 1.807) is 10.8 Å². The molecule has 2 saturated carbocycles. The van der Waals surface area contributed by atoms with Crippen LogP contribution in [0.2, 0.25) is 5.02 Å². The van der Waals surface area contributed by atoms with Crippen LogP contribution in [-0.4, -0.2) is 34.4 Å². The van der Waals surface area contributed by atoms with Crippen molar-refractivity contribution in [3.63, 3.8) is 0 Å². The van der Waals surface area contributed by atoms with Gasteiger partial charge in [0.2, 0.25) is 0 Å². The fourth-order valence-electron chi connectivity index (χ4n) is 5.61. The Morgan fingerprint density at radius 2 is 2.09 bits per heavy atom. The molecular weight excluding hydrogens is 420 g/mol. The first kappa shape index (κ1) is 21.1. The molecule has 0 amide bonds. The maximum atomic E-state index is 13.3. The molecule has 0 bridgehead atoms. The summed E-state index contributed by atoms with van der Waals surface area (Å²) in [4.78, 5) is 23.3. The number of aliphatic imine (C=N–C) groups is 1. The zero-order chi connectivity index (χ0) is 22.7. The predicted octanol–water partition coefficient (Wildman–Crippen LogP) is 5.45. The maximum Gasteiger partial charge on any atom is 0.279 e. The minimum atomic E-state index is -0.163. The molecule has 5 rings (SSSR count). The largest absolute Gasteiger partial charge is 0.354 e. The fraction of sp³-hybridized carbons (Fsp3) is 0.385. The van der Waals surface area contributed by atoms with Gasteiger partial charge in [-0.05, 0) is 67.5 Å². The van der Waals surface area contributed by atoms with E-state index < -0.39 is 0 Å². The van der Waals surface area contributed by atoms with Crippen LogP contribution in [0.1, 0.15) is 43.9 Å². The normalized spacial score (nSPS) is 18.6. The van der Waals surface area contributed by atoms with Crippen molar-refractivity contribution in [1.82, 2.24) is 14.5 Å². The van der Waals surface area contributed by atoms with E-state index in [-0.39, 0.29) is 11.0 Å². The van der Waals surface area contributed by atoms with Gasteiger partial charge >= 0.3 is 0 Å². The number of aromatic nitrogens is 2. The van der Waals surface area contributed by atoms with Gasteiger partial charge in [0.15, 0.2) is 0 Å². The highest BCUT2D eigenvalue weighted by Gasteiger charge is 2.63. The van der Waals surface area contributed by atoms with E-state index in [0.29, 0.717) is 16.0 Å². The SMILES string of the molecule is C=CN(C)C(=NC)C1(c2cccc(-n3cc(Cl)c4cc(CC)[nH]c4c3=O)c2)CC2(CC2)C1. The second kappa shape index (κ2) is 7.38. The number of rotatable bonds is 5. The number of aryl methyl sites for hydroxylation is 1. The zero-order valence-corrected chi connectivity index (χ0v) is 19.7. The van der Waals surface area contributed by atoms with Crippen molar-refractivity contribution in [3.8, 4) is 5.69 Å². The van der Waals surface area contributed by atoms with E-state index in [9.17, 15) is 4.79 Å². The van der Waals surface area contributed by atoms with Crippen LogP contribution < -0.4 is 5.56 Å². The molecule has 1 spiro atoms. The number of hydrogen-bond acceptors (Lipinski definition) is 2. The van der Waals surface area contributed by atoms with E-state index in [1.165, 1.54) is 18.4 Å². The minimum absolute atomic E-state index is 0.0878. The Morgan fingerprint density at radius 3 is 2.72 bits per heavy atom. The van der Waals surface area contributed by atoms with Gasteiger partial charge in [0.05, 0.1) is 10.4 Å². The Labute approximate surface area is 193 Å². The van der Waals surface area contributed by atoms with Gasteiger partial charge in [-0.1, -0.05) is 37.2 Å². The van der Waals surface area contributed by atoms with E-state index in [2.05, 4.69) is 35.6 Å². The number of hydrogen-bond donors (Lipinski definition) is 1. The van der Waals surface area contributed by atoms with Crippen molar-refractivity contribution in [2.24, 2.45) is 10.4 Å². The number of amidine groups is 1. The summed E-state index contributed by atoms with van der Waals surface area (Å²) in [5, 5.41) is 1.35. The average Bonchev–Trinajstić information content (AvgIpc) is 3.44. The highest BCUT2D eigenvalue weighted by atomic mass is 35.5. The number of fused-ring (bicyclic) bond motifs is 1. The molecule has 0 atom stereocenters. The van der Waals surface area contributed by atoms with Crippen LogP contribution in [0, 0.1) is 5.41 Å². The summed E-state index contributed by atoms with van der Waals surface area (Å²) in [7, 11) is 3.86. The maximum absolute atomic E-state index is 13.3. The van der Waals surface area contributed by atoms with Gasteiger partial charge in [-0.3, -0.25) is 14.4 Å². The van der Waals surface area contributed by atoms with Crippen LogP contribution >= 0.6 is 11.6 Å². The van der Waals surface area contributed by atoms with Crippen LogP contribution in [0.4, 0.5) is 0 Å². The third-order valence-electron chi connectivity index (χ3n) is 7.42. The van der Waals surface area contributed by atoms with E-state index in [4.69, 9.17) is 11.6 Å². The van der Waals surface area contributed by atoms with Crippen LogP contribution in [0.5, 0.6) is 0 Å². The molecule has 0 radical (unpaired) electrons. The van der Waals surface area contributed by atoms with Crippen LogP contribution in [-0.2, 0) is 11.8 Å². The summed E-state index contributed by atoms with van der Waals surface area (Å²) in [6, 6.07) is 10.3. The van der Waals surface area contributed by atoms with Gasteiger partial charge in [-0.25, -0.2) is 0 Å². The van der Waals surface area contributed by atoms with Crippen molar-refractivity contribution in [1.29, 1.82) is 0 Å². The molecule has 2 heterocycles. The van der Waals surface area contributed by atoms with Crippen molar-refractivity contribution in [2.75, 3.05) is 14.1 Å². The average molecular weight is 449 g/mol. The number of likely N-dealkylation sites (N-methyl/N-ethyl adjacent to an activating group) is 1. The number of pyridine rings is 1. The Balaban J connectivity index is 1.64. The minimum Gasteiger partial charge on any atom is -0.354 e. The molecular formula is C26H29ClN4O. The van der Waals surface area contributed by atoms with Crippen molar-refractivity contribution < 1.29 is 0 Å². The number of benzene rings is 1. The monoisotopic (exact) mass is 448 g/mol. The summed E-state index contributed by atoms with van der Waals surface area (Å²) in [5.41, 5.74) is 3.77. The molecule has 1 N–H and O–H groups in total. The molecule has 1 aromatic carbocycles. The summed E-state index contributed by atoms with van der Waals surface area (Å²) < 4.78 is 1.66. The highest BCUT2D eigenvalue weighted by Crippen LogP contribution is 2.69. The molecule has 6 heteroatoms. The summed E-state index contributed by atoms with van der Waals surface area (Å²) >= 11 is 6.58. The van der Waals surface area contributed by atoms with Crippen LogP contribution in [0.15, 0.2) is 59.1 Å². The highest BCUT2D eigenvalue weighted by molar-refractivity contribution is 6.35. The zero-order valence-electron chi connectivity index (χ0n) is 18.9. The van der Waals surface area contributed by atoms with Gasteiger partial charge < -0.3 is 9.88 Å². The molecule has 5 nitrogen and oxygen atoms in total. The van der Waals surface area contributed by atoms with Crippen molar-refractivity contribution >= 4 is 28.3 Å². The van der Waals surface area contributed by atoms with E-state index >= 15 is 0 Å². The predicted molar refractivity (Wildman–Crippen MR) is 132 cm³/mol. The van der Waals surface area contributed by atoms with Gasteiger partial charge in [0, 0.05) is 37.1 Å². The first-order chi connectivity index (χ1) is 15.4. The third-order valence-corrected chi connectivity index (χ3v) is 7.72. The molecule has 2 aromatic heterocycles. The second-order valence-electron chi connectivity index (χ2n) is 9.42. The Morgan fingerprint density at radius 1 is 1.34 bits per heavy atom. The first-order valence-electron chi connectivity index (χ1n) is 11.2. The number of aromatic amines is 1. The smallest absolute Gasteiger partial charge is 0.279 e. The molecule has 0 aliphatic heterocycles. The van der Waals surface area contributed by atoms with Gasteiger partial charge in [0.1, 0.15) is 11.4 Å². The topological polar surface area (TPSA) is 53.4 Å². The number of nitrogens with zero attached hydrogens (tertiary/aromatic N) is 3. The first-order valence-corrected chi connectivity index (χ1v) is 11.6. The lowest BCUT2D eigenvalue weighted by Crippen LogP contribution is -2.53. The van der Waals surface area contributed by atoms with Crippen molar-refractivity contribution in [2.45, 2.75) is 44.4 Å².